The first-order chi connectivity index (χ1) is 10.8. The predicted molar refractivity (Wildman–Crippen MR) is 85.7 cm³/mol. The summed E-state index contributed by atoms with van der Waals surface area (Å²) >= 11 is 1.38. The number of piperidine rings is 1. The van der Waals surface area contributed by atoms with Crippen molar-refractivity contribution in [1.29, 1.82) is 0 Å². The highest BCUT2D eigenvalue weighted by Gasteiger charge is 2.21. The first-order valence-electron chi connectivity index (χ1n) is 7.26. The molecule has 0 bridgehead atoms. The SMILES string of the molecule is COc1ccc(NC(=O)c2nnc([C@H]3CCCNC3)s2)cc1. The second-order valence-corrected chi connectivity index (χ2v) is 6.18. The van der Waals surface area contributed by atoms with Crippen molar-refractivity contribution in [2.24, 2.45) is 0 Å². The Hall–Kier alpha value is -1.99. The topological polar surface area (TPSA) is 76.1 Å². The zero-order chi connectivity index (χ0) is 15.4. The van der Waals surface area contributed by atoms with Gasteiger partial charge in [-0.1, -0.05) is 11.3 Å². The third-order valence-corrected chi connectivity index (χ3v) is 4.71. The van der Waals surface area contributed by atoms with Gasteiger partial charge in [0.1, 0.15) is 10.8 Å². The van der Waals surface area contributed by atoms with Crippen molar-refractivity contribution >= 4 is 22.9 Å². The predicted octanol–water partition coefficient (Wildman–Crippen LogP) is 2.27. The number of methoxy groups -OCH3 is 1. The van der Waals surface area contributed by atoms with Crippen LogP contribution in [0, 0.1) is 0 Å². The molecule has 1 aliphatic rings. The van der Waals surface area contributed by atoms with Gasteiger partial charge >= 0.3 is 0 Å². The van der Waals surface area contributed by atoms with Gasteiger partial charge in [-0.05, 0) is 43.7 Å². The molecule has 0 spiro atoms. The average molecular weight is 318 g/mol. The van der Waals surface area contributed by atoms with Crippen LogP contribution in [0.4, 0.5) is 5.69 Å². The Morgan fingerprint density at radius 3 is 2.86 bits per heavy atom. The smallest absolute Gasteiger partial charge is 0.286 e. The Morgan fingerprint density at radius 2 is 2.18 bits per heavy atom. The van der Waals surface area contributed by atoms with Crippen LogP contribution in [0.25, 0.3) is 0 Å². The van der Waals surface area contributed by atoms with Crippen molar-refractivity contribution in [1.82, 2.24) is 15.5 Å². The molecule has 1 aliphatic heterocycles. The molecule has 1 fully saturated rings. The third-order valence-electron chi connectivity index (χ3n) is 3.63. The molecule has 1 aromatic heterocycles. The van der Waals surface area contributed by atoms with E-state index in [2.05, 4.69) is 20.8 Å². The summed E-state index contributed by atoms with van der Waals surface area (Å²) in [6.45, 7) is 1.97. The molecular weight excluding hydrogens is 300 g/mol. The van der Waals surface area contributed by atoms with E-state index in [1.54, 1.807) is 31.4 Å². The minimum Gasteiger partial charge on any atom is -0.497 e. The number of ether oxygens (including phenoxy) is 1. The van der Waals surface area contributed by atoms with Crippen molar-refractivity contribution in [3.63, 3.8) is 0 Å². The van der Waals surface area contributed by atoms with Gasteiger partial charge in [-0.2, -0.15) is 0 Å². The second kappa shape index (κ2) is 6.85. The zero-order valence-electron chi connectivity index (χ0n) is 12.3. The molecule has 0 aliphatic carbocycles. The van der Waals surface area contributed by atoms with Gasteiger partial charge in [0, 0.05) is 18.2 Å². The molecule has 0 unspecified atom stereocenters. The molecule has 1 atom stereocenters. The molecule has 2 heterocycles. The maximum absolute atomic E-state index is 12.2. The van der Waals surface area contributed by atoms with E-state index in [-0.39, 0.29) is 5.91 Å². The molecule has 22 heavy (non-hydrogen) atoms. The number of anilines is 1. The van der Waals surface area contributed by atoms with Gasteiger partial charge in [-0.15, -0.1) is 10.2 Å². The third kappa shape index (κ3) is 3.42. The quantitative estimate of drug-likeness (QED) is 0.904. The van der Waals surface area contributed by atoms with Gasteiger partial charge in [0.25, 0.3) is 5.91 Å². The molecule has 1 amide bonds. The Labute approximate surface area is 132 Å². The van der Waals surface area contributed by atoms with E-state index >= 15 is 0 Å². The number of carbonyl (C=O) groups excluding carboxylic acids is 1. The van der Waals surface area contributed by atoms with Crippen LogP contribution in [0.15, 0.2) is 24.3 Å². The lowest BCUT2D eigenvalue weighted by Crippen LogP contribution is -2.28. The van der Waals surface area contributed by atoms with Crippen molar-refractivity contribution in [3.05, 3.63) is 34.3 Å². The van der Waals surface area contributed by atoms with Crippen molar-refractivity contribution in [2.75, 3.05) is 25.5 Å². The van der Waals surface area contributed by atoms with E-state index in [1.165, 1.54) is 11.3 Å². The molecule has 0 saturated carbocycles. The summed E-state index contributed by atoms with van der Waals surface area (Å²) in [6.07, 6.45) is 2.24. The molecule has 2 aromatic rings. The van der Waals surface area contributed by atoms with Gasteiger partial charge < -0.3 is 15.4 Å². The summed E-state index contributed by atoms with van der Waals surface area (Å²) in [5, 5.41) is 15.7. The lowest BCUT2D eigenvalue weighted by Gasteiger charge is -2.19. The summed E-state index contributed by atoms with van der Waals surface area (Å²) < 4.78 is 5.09. The van der Waals surface area contributed by atoms with Gasteiger partial charge in [-0.25, -0.2) is 0 Å². The molecule has 116 valence electrons. The van der Waals surface area contributed by atoms with E-state index in [0.29, 0.717) is 16.6 Å². The van der Waals surface area contributed by atoms with Gasteiger partial charge in [0.05, 0.1) is 7.11 Å². The van der Waals surface area contributed by atoms with Crippen LogP contribution in [-0.4, -0.2) is 36.3 Å². The van der Waals surface area contributed by atoms with Crippen LogP contribution in [0.3, 0.4) is 0 Å². The summed E-state index contributed by atoms with van der Waals surface area (Å²) in [5.41, 5.74) is 0.710. The van der Waals surface area contributed by atoms with Crippen LogP contribution >= 0.6 is 11.3 Å². The van der Waals surface area contributed by atoms with E-state index in [9.17, 15) is 4.79 Å². The van der Waals surface area contributed by atoms with E-state index < -0.39 is 0 Å². The minimum atomic E-state index is -0.224. The van der Waals surface area contributed by atoms with E-state index in [1.807, 2.05) is 0 Å². The number of nitrogens with one attached hydrogen (secondary N) is 2. The molecule has 7 heteroatoms. The van der Waals surface area contributed by atoms with Gasteiger partial charge in [0.2, 0.25) is 5.01 Å². The summed E-state index contributed by atoms with van der Waals surface area (Å²) in [6, 6.07) is 7.19. The Bertz CT molecular complexity index is 635. The van der Waals surface area contributed by atoms with Crippen molar-refractivity contribution < 1.29 is 9.53 Å². The highest BCUT2D eigenvalue weighted by molar-refractivity contribution is 7.13. The van der Waals surface area contributed by atoms with Crippen LogP contribution < -0.4 is 15.4 Å². The molecule has 6 nitrogen and oxygen atoms in total. The molecule has 3 rings (SSSR count). The number of carbonyl (C=O) groups is 1. The molecule has 1 aromatic carbocycles. The molecule has 1 saturated heterocycles. The highest BCUT2D eigenvalue weighted by Crippen LogP contribution is 2.26. The lowest BCUT2D eigenvalue weighted by atomic mass is 10.0. The number of nitrogens with zero attached hydrogens (tertiary/aromatic N) is 2. The lowest BCUT2D eigenvalue weighted by molar-refractivity contribution is 0.102. The van der Waals surface area contributed by atoms with Crippen LogP contribution in [-0.2, 0) is 0 Å². The first-order valence-corrected chi connectivity index (χ1v) is 8.07. The van der Waals surface area contributed by atoms with Gasteiger partial charge in [-0.3, -0.25) is 4.79 Å². The number of aromatic nitrogens is 2. The average Bonchev–Trinajstić information content (AvgIpc) is 3.06. The van der Waals surface area contributed by atoms with Crippen LogP contribution in [0.1, 0.15) is 33.6 Å². The summed E-state index contributed by atoms with van der Waals surface area (Å²) in [5.74, 6) is 0.896. The Balaban J connectivity index is 1.65. The Kier molecular flexibility index (Phi) is 4.65. The minimum absolute atomic E-state index is 0.224. The number of rotatable bonds is 4. The fourth-order valence-corrected chi connectivity index (χ4v) is 3.29. The fourth-order valence-electron chi connectivity index (χ4n) is 2.41. The number of amides is 1. The number of benzene rings is 1. The largest absolute Gasteiger partial charge is 0.497 e. The normalized spacial score (nSPS) is 18.0. The standard InChI is InChI=1S/C15H18N4O2S/c1-21-12-6-4-11(5-7-12)17-13(20)15-19-18-14(22-15)10-3-2-8-16-9-10/h4-7,10,16H,2-3,8-9H2,1H3,(H,17,20)/t10-/m0/s1. The van der Waals surface area contributed by atoms with Crippen LogP contribution in [0.5, 0.6) is 5.75 Å². The zero-order valence-corrected chi connectivity index (χ0v) is 13.2. The van der Waals surface area contributed by atoms with Crippen molar-refractivity contribution in [2.45, 2.75) is 18.8 Å². The van der Waals surface area contributed by atoms with Gasteiger partial charge in [0.15, 0.2) is 0 Å². The molecule has 0 radical (unpaired) electrons. The highest BCUT2D eigenvalue weighted by atomic mass is 32.1. The first kappa shape index (κ1) is 14.9. The van der Waals surface area contributed by atoms with Crippen molar-refractivity contribution in [3.8, 4) is 5.75 Å². The maximum Gasteiger partial charge on any atom is 0.286 e. The second-order valence-electron chi connectivity index (χ2n) is 5.17. The molecular formula is C15H18N4O2S. The van der Waals surface area contributed by atoms with E-state index in [4.69, 9.17) is 4.74 Å². The number of hydrogen-bond donors (Lipinski definition) is 2. The monoisotopic (exact) mass is 318 g/mol. The number of hydrogen-bond acceptors (Lipinski definition) is 6. The molecule has 2 N–H and O–H groups in total. The van der Waals surface area contributed by atoms with Crippen LogP contribution in [0.2, 0.25) is 0 Å². The maximum atomic E-state index is 12.2. The fraction of sp³-hybridized carbons (Fsp3) is 0.400. The summed E-state index contributed by atoms with van der Waals surface area (Å²) in [7, 11) is 1.61. The summed E-state index contributed by atoms with van der Waals surface area (Å²) in [4.78, 5) is 12.2. The van der Waals surface area contributed by atoms with E-state index in [0.717, 1.165) is 36.7 Å². The Morgan fingerprint density at radius 1 is 1.36 bits per heavy atom.